The van der Waals surface area contributed by atoms with Crippen LogP contribution in [0, 0.1) is 5.82 Å². The molecule has 1 amide bonds. The van der Waals surface area contributed by atoms with Gasteiger partial charge in [-0.1, -0.05) is 24.3 Å². The number of hydroxylamine groups is 1. The molecule has 0 saturated carbocycles. The van der Waals surface area contributed by atoms with Gasteiger partial charge in [-0.05, 0) is 17.7 Å². The molecule has 144 valence electrons. The molecule has 2 N–H and O–H groups in total. The number of fused-ring (bicyclic) bond motifs is 1. The van der Waals surface area contributed by atoms with Crippen molar-refractivity contribution in [1.82, 2.24) is 20.4 Å². The molecule has 3 heterocycles. The van der Waals surface area contributed by atoms with Gasteiger partial charge in [-0.2, -0.15) is 0 Å². The van der Waals surface area contributed by atoms with Crippen LogP contribution in [-0.2, 0) is 0 Å². The van der Waals surface area contributed by atoms with Gasteiger partial charge in [0.15, 0.2) is 5.75 Å². The molecule has 0 aliphatic rings. The van der Waals surface area contributed by atoms with E-state index in [1.807, 2.05) is 0 Å². The van der Waals surface area contributed by atoms with Crippen LogP contribution in [0.3, 0.4) is 0 Å². The number of hydrogen-bond acceptors (Lipinski definition) is 6. The summed E-state index contributed by atoms with van der Waals surface area (Å²) in [4.78, 5) is 24.7. The Morgan fingerprint density at radius 1 is 1.03 bits per heavy atom. The van der Waals surface area contributed by atoms with Crippen LogP contribution in [0.1, 0.15) is 10.4 Å². The highest BCUT2D eigenvalue weighted by Gasteiger charge is 2.22. The van der Waals surface area contributed by atoms with Crippen molar-refractivity contribution in [3.05, 3.63) is 72.6 Å². The van der Waals surface area contributed by atoms with Crippen LogP contribution in [0.4, 0.5) is 4.39 Å². The third-order valence-corrected chi connectivity index (χ3v) is 4.52. The molecule has 0 fully saturated rings. The largest absolute Gasteiger partial charge is 0.494 e. The molecule has 0 aliphatic heterocycles. The number of carbonyl (C=O) groups is 1. The monoisotopic (exact) mass is 390 g/mol. The first-order valence-electron chi connectivity index (χ1n) is 8.60. The zero-order chi connectivity index (χ0) is 20.4. The number of carbonyl (C=O) groups excluding carboxylic acids is 1. The van der Waals surface area contributed by atoms with Gasteiger partial charge in [0.1, 0.15) is 11.5 Å². The molecule has 4 rings (SSSR count). The molecule has 0 saturated heterocycles. The van der Waals surface area contributed by atoms with E-state index in [4.69, 9.17) is 4.74 Å². The van der Waals surface area contributed by atoms with Gasteiger partial charge in [0.05, 0.1) is 24.4 Å². The van der Waals surface area contributed by atoms with Gasteiger partial charge >= 0.3 is 0 Å². The molecule has 7 nitrogen and oxygen atoms in total. The van der Waals surface area contributed by atoms with E-state index < -0.39 is 11.7 Å². The standard InChI is InChI=1S/C21H15FN4O3/c1-29-20-18(21(27)26-28)15-10-23-9-7-17(15)25-19(20)13-4-2-12(3-5-13)14-6-8-24-11-16(14)22/h2-11,28H,1H3,(H,26,27). The number of ether oxygens (including phenoxy) is 1. The summed E-state index contributed by atoms with van der Waals surface area (Å²) in [5.41, 5.74) is 4.44. The normalized spacial score (nSPS) is 10.7. The summed E-state index contributed by atoms with van der Waals surface area (Å²) >= 11 is 0. The first kappa shape index (κ1) is 18.5. The molecule has 4 aromatic rings. The molecule has 0 unspecified atom stereocenters. The van der Waals surface area contributed by atoms with E-state index in [1.165, 1.54) is 19.5 Å². The highest BCUT2D eigenvalue weighted by Crippen LogP contribution is 2.36. The van der Waals surface area contributed by atoms with Gasteiger partial charge in [-0.3, -0.25) is 20.0 Å². The SMILES string of the molecule is COc1c(-c2ccc(-c3ccncc3F)cc2)nc2ccncc2c1C(=O)NO. The van der Waals surface area contributed by atoms with E-state index in [9.17, 15) is 14.4 Å². The van der Waals surface area contributed by atoms with Crippen molar-refractivity contribution < 1.29 is 19.1 Å². The van der Waals surface area contributed by atoms with Crippen molar-refractivity contribution in [2.75, 3.05) is 7.11 Å². The third-order valence-electron chi connectivity index (χ3n) is 4.52. The van der Waals surface area contributed by atoms with Gasteiger partial charge in [0, 0.05) is 35.1 Å². The van der Waals surface area contributed by atoms with Gasteiger partial charge in [0.25, 0.3) is 5.91 Å². The number of methoxy groups -OCH3 is 1. The number of nitrogens with one attached hydrogen (secondary N) is 1. The van der Waals surface area contributed by atoms with Crippen molar-refractivity contribution in [2.45, 2.75) is 0 Å². The molecule has 3 aromatic heterocycles. The van der Waals surface area contributed by atoms with Gasteiger partial charge in [-0.15, -0.1) is 0 Å². The number of halogens is 1. The van der Waals surface area contributed by atoms with Crippen molar-refractivity contribution in [1.29, 1.82) is 0 Å². The minimum absolute atomic E-state index is 0.118. The Bertz CT molecular complexity index is 1210. The molecule has 0 bridgehead atoms. The molecule has 1 aromatic carbocycles. The first-order valence-corrected chi connectivity index (χ1v) is 8.60. The fraction of sp³-hybridized carbons (Fsp3) is 0.0476. The Balaban J connectivity index is 1.90. The Morgan fingerprint density at radius 3 is 2.41 bits per heavy atom. The molecule has 0 radical (unpaired) electrons. The maximum atomic E-state index is 14.0. The van der Waals surface area contributed by atoms with Crippen LogP contribution in [0.2, 0.25) is 0 Å². The third kappa shape index (κ3) is 3.26. The van der Waals surface area contributed by atoms with Crippen LogP contribution in [-0.4, -0.2) is 33.2 Å². The van der Waals surface area contributed by atoms with Crippen molar-refractivity contribution in [2.24, 2.45) is 0 Å². The molecule has 0 atom stereocenters. The second-order valence-electron chi connectivity index (χ2n) is 6.14. The smallest absolute Gasteiger partial charge is 0.279 e. The van der Waals surface area contributed by atoms with Gasteiger partial charge in [0.2, 0.25) is 0 Å². The van der Waals surface area contributed by atoms with E-state index in [0.717, 1.165) is 6.20 Å². The Labute approximate surface area is 164 Å². The number of rotatable bonds is 4. The highest BCUT2D eigenvalue weighted by atomic mass is 19.1. The van der Waals surface area contributed by atoms with Gasteiger partial charge in [-0.25, -0.2) is 14.9 Å². The number of hydrogen-bond donors (Lipinski definition) is 2. The summed E-state index contributed by atoms with van der Waals surface area (Å²) in [5, 5.41) is 9.62. The van der Waals surface area contributed by atoms with Crippen molar-refractivity contribution in [3.63, 3.8) is 0 Å². The lowest BCUT2D eigenvalue weighted by atomic mass is 10.00. The Kier molecular flexibility index (Phi) is 4.84. The van der Waals surface area contributed by atoms with Crippen LogP contribution < -0.4 is 10.2 Å². The number of aromatic nitrogens is 3. The highest BCUT2D eigenvalue weighted by molar-refractivity contribution is 6.09. The minimum atomic E-state index is -0.737. The van der Waals surface area contributed by atoms with Crippen molar-refractivity contribution >= 4 is 16.8 Å². The van der Waals surface area contributed by atoms with E-state index in [0.29, 0.717) is 33.3 Å². The summed E-state index contributed by atoms with van der Waals surface area (Å²) in [7, 11) is 1.41. The van der Waals surface area contributed by atoms with E-state index in [1.54, 1.807) is 48.1 Å². The molecule has 0 aliphatic carbocycles. The predicted octanol–water partition coefficient (Wildman–Crippen LogP) is 3.63. The zero-order valence-corrected chi connectivity index (χ0v) is 15.3. The summed E-state index contributed by atoms with van der Waals surface area (Å²) in [6.07, 6.45) is 5.72. The number of nitrogens with zero attached hydrogens (tertiary/aromatic N) is 3. The molecule has 0 spiro atoms. The number of benzene rings is 1. The van der Waals surface area contributed by atoms with Crippen molar-refractivity contribution in [3.8, 4) is 28.1 Å². The first-order chi connectivity index (χ1) is 14.1. The lowest BCUT2D eigenvalue weighted by molar-refractivity contribution is 0.0705. The maximum Gasteiger partial charge on any atom is 0.279 e. The Hall–Kier alpha value is -3.91. The zero-order valence-electron chi connectivity index (χ0n) is 15.3. The van der Waals surface area contributed by atoms with Crippen LogP contribution in [0.25, 0.3) is 33.3 Å². The van der Waals surface area contributed by atoms with Gasteiger partial charge < -0.3 is 4.74 Å². The summed E-state index contributed by atoms with van der Waals surface area (Å²) in [5.74, 6) is -0.963. The Morgan fingerprint density at radius 2 is 1.72 bits per heavy atom. The summed E-state index contributed by atoms with van der Waals surface area (Å²) < 4.78 is 19.5. The predicted molar refractivity (Wildman–Crippen MR) is 104 cm³/mol. The number of amides is 1. The lowest BCUT2D eigenvalue weighted by Crippen LogP contribution is -2.20. The van der Waals surface area contributed by atoms with E-state index in [-0.39, 0.29) is 11.3 Å². The average Bonchev–Trinajstić information content (AvgIpc) is 2.77. The van der Waals surface area contributed by atoms with E-state index in [2.05, 4.69) is 15.0 Å². The van der Waals surface area contributed by atoms with Crippen LogP contribution in [0.5, 0.6) is 5.75 Å². The molecule has 29 heavy (non-hydrogen) atoms. The summed E-state index contributed by atoms with van der Waals surface area (Å²) in [6, 6.07) is 10.3. The molecular formula is C21H15FN4O3. The fourth-order valence-corrected chi connectivity index (χ4v) is 3.18. The molecule has 8 heteroatoms. The molecular weight excluding hydrogens is 375 g/mol. The second kappa shape index (κ2) is 7.61. The summed E-state index contributed by atoms with van der Waals surface area (Å²) in [6.45, 7) is 0. The lowest BCUT2D eigenvalue weighted by Gasteiger charge is -2.15. The second-order valence-corrected chi connectivity index (χ2v) is 6.14. The maximum absolute atomic E-state index is 14.0. The van der Waals surface area contributed by atoms with E-state index >= 15 is 0 Å². The quantitative estimate of drug-likeness (QED) is 0.408. The number of pyridine rings is 3. The topological polar surface area (TPSA) is 97.2 Å². The minimum Gasteiger partial charge on any atom is -0.494 e. The van der Waals surface area contributed by atoms with Crippen LogP contribution in [0.15, 0.2) is 61.2 Å². The average molecular weight is 390 g/mol. The van der Waals surface area contributed by atoms with Crippen LogP contribution >= 0.6 is 0 Å². The fourth-order valence-electron chi connectivity index (χ4n) is 3.18.